The van der Waals surface area contributed by atoms with Crippen molar-refractivity contribution in [2.45, 2.75) is 20.4 Å². The lowest BCUT2D eigenvalue weighted by molar-refractivity contribution is -0.673. The van der Waals surface area contributed by atoms with Crippen molar-refractivity contribution in [2.75, 3.05) is 18.0 Å². The van der Waals surface area contributed by atoms with Gasteiger partial charge in [-0.1, -0.05) is 11.3 Å². The van der Waals surface area contributed by atoms with Crippen LogP contribution < -0.4 is 21.9 Å². The molecule has 2 rings (SSSR count). The highest BCUT2D eigenvalue weighted by atomic mass is 35.5. The summed E-state index contributed by atoms with van der Waals surface area (Å²) in [7, 11) is 0. The van der Waals surface area contributed by atoms with Gasteiger partial charge in [-0.25, -0.2) is 9.47 Å². The zero-order valence-corrected chi connectivity index (χ0v) is 9.86. The van der Waals surface area contributed by atoms with E-state index >= 15 is 0 Å². The lowest BCUT2D eigenvalue weighted by atomic mass is 10.4. The van der Waals surface area contributed by atoms with Crippen molar-refractivity contribution < 1.29 is 21.8 Å². The highest BCUT2D eigenvalue weighted by Gasteiger charge is 2.31. The first-order valence-electron chi connectivity index (χ1n) is 4.41. The summed E-state index contributed by atoms with van der Waals surface area (Å²) in [6, 6.07) is 0. The summed E-state index contributed by atoms with van der Waals surface area (Å²) in [5.74, 6) is 0.236. The second kappa shape index (κ2) is 4.28. The van der Waals surface area contributed by atoms with Crippen LogP contribution in [0.4, 0.5) is 5.13 Å². The minimum absolute atomic E-state index is 0. The van der Waals surface area contributed by atoms with Crippen LogP contribution >= 0.6 is 11.3 Å². The summed E-state index contributed by atoms with van der Waals surface area (Å²) < 4.78 is 2.27. The quantitative estimate of drug-likeness (QED) is 0.539. The Morgan fingerprint density at radius 1 is 1.71 bits per heavy atom. The molecule has 78 valence electrons. The third kappa shape index (κ3) is 1.91. The molecule has 0 aromatic carbocycles. The van der Waals surface area contributed by atoms with Gasteiger partial charge in [0.15, 0.2) is 5.78 Å². The Labute approximate surface area is 93.8 Å². The highest BCUT2D eigenvalue weighted by molar-refractivity contribution is 7.13. The van der Waals surface area contributed by atoms with Gasteiger partial charge in [0.25, 0.3) is 0 Å². The van der Waals surface area contributed by atoms with E-state index in [9.17, 15) is 4.79 Å². The predicted octanol–water partition coefficient (Wildman–Crippen LogP) is -2.24. The van der Waals surface area contributed by atoms with Gasteiger partial charge in [-0.15, -0.1) is 0 Å². The number of anilines is 1. The van der Waals surface area contributed by atoms with Crippen LogP contribution in [0.3, 0.4) is 0 Å². The number of aryl methyl sites for hydroxylation is 1. The number of Topliss-reactive ketones (excluding diaryl/α,β-unsaturated/α-hetero) is 1. The van der Waals surface area contributed by atoms with E-state index < -0.39 is 0 Å². The van der Waals surface area contributed by atoms with E-state index in [4.69, 9.17) is 0 Å². The smallest absolute Gasteiger partial charge is 0.336 e. The van der Waals surface area contributed by atoms with Gasteiger partial charge in [0.1, 0.15) is 25.3 Å². The van der Waals surface area contributed by atoms with Crippen LogP contribution in [0.15, 0.2) is 5.38 Å². The van der Waals surface area contributed by atoms with Crippen molar-refractivity contribution in [1.29, 1.82) is 0 Å². The van der Waals surface area contributed by atoms with Gasteiger partial charge >= 0.3 is 5.13 Å². The molecule has 1 aromatic heterocycles. The van der Waals surface area contributed by atoms with Crippen molar-refractivity contribution in [3.05, 3.63) is 11.1 Å². The minimum atomic E-state index is 0. The third-order valence-electron chi connectivity index (χ3n) is 2.27. The SMILES string of the molecule is CC(=O)CN1CC[n+]2c(C)csc21.[Cl-]. The number of rotatable bonds is 2. The Morgan fingerprint density at radius 2 is 2.43 bits per heavy atom. The zero-order valence-electron chi connectivity index (χ0n) is 8.29. The van der Waals surface area contributed by atoms with Crippen molar-refractivity contribution in [3.63, 3.8) is 0 Å². The molecule has 0 bridgehead atoms. The van der Waals surface area contributed by atoms with Gasteiger partial charge in [0.2, 0.25) is 0 Å². The summed E-state index contributed by atoms with van der Waals surface area (Å²) in [5.41, 5.74) is 1.30. The van der Waals surface area contributed by atoms with Crippen LogP contribution in [-0.2, 0) is 11.3 Å². The molecule has 0 unspecified atom stereocenters. The molecule has 0 amide bonds. The Bertz CT molecular complexity index is 351. The fourth-order valence-electron chi connectivity index (χ4n) is 1.67. The van der Waals surface area contributed by atoms with Crippen LogP contribution in [0.2, 0.25) is 0 Å². The summed E-state index contributed by atoms with van der Waals surface area (Å²) in [6.45, 7) is 6.31. The number of halogens is 1. The summed E-state index contributed by atoms with van der Waals surface area (Å²) >= 11 is 1.73. The van der Waals surface area contributed by atoms with Crippen molar-refractivity contribution >= 4 is 22.3 Å². The first kappa shape index (κ1) is 11.5. The van der Waals surface area contributed by atoms with E-state index in [1.54, 1.807) is 18.3 Å². The van der Waals surface area contributed by atoms with E-state index in [2.05, 4.69) is 21.8 Å². The van der Waals surface area contributed by atoms with Gasteiger partial charge in [0.05, 0.1) is 0 Å². The maximum Gasteiger partial charge on any atom is 0.336 e. The van der Waals surface area contributed by atoms with Crippen molar-refractivity contribution in [1.82, 2.24) is 0 Å². The van der Waals surface area contributed by atoms with E-state index in [-0.39, 0.29) is 18.2 Å². The van der Waals surface area contributed by atoms with Crippen molar-refractivity contribution in [2.24, 2.45) is 0 Å². The fraction of sp³-hybridized carbons (Fsp3) is 0.556. The van der Waals surface area contributed by atoms with Crippen LogP contribution in [0, 0.1) is 6.92 Å². The molecule has 2 heterocycles. The van der Waals surface area contributed by atoms with E-state index in [1.807, 2.05) is 0 Å². The Balaban J connectivity index is 0.000000980. The zero-order chi connectivity index (χ0) is 9.42. The molecule has 1 aliphatic rings. The van der Waals surface area contributed by atoms with Gasteiger partial charge in [-0.2, -0.15) is 0 Å². The number of aromatic nitrogens is 1. The lowest BCUT2D eigenvalue weighted by Crippen LogP contribution is -3.00. The van der Waals surface area contributed by atoms with Crippen LogP contribution in [0.1, 0.15) is 12.6 Å². The number of hydrogen-bond acceptors (Lipinski definition) is 3. The number of hydrogen-bond donors (Lipinski definition) is 0. The van der Waals surface area contributed by atoms with Crippen LogP contribution in [-0.4, -0.2) is 18.9 Å². The molecule has 3 nitrogen and oxygen atoms in total. The van der Waals surface area contributed by atoms with E-state index in [0.29, 0.717) is 6.54 Å². The first-order chi connectivity index (χ1) is 6.18. The number of ketones is 1. The Hall–Kier alpha value is -0.610. The molecule has 0 spiro atoms. The average molecular weight is 233 g/mol. The minimum Gasteiger partial charge on any atom is -1.00 e. The summed E-state index contributed by atoms with van der Waals surface area (Å²) in [6.07, 6.45) is 0. The molecule has 1 aromatic rings. The summed E-state index contributed by atoms with van der Waals surface area (Å²) in [5, 5.41) is 3.37. The third-order valence-corrected chi connectivity index (χ3v) is 3.42. The van der Waals surface area contributed by atoms with E-state index in [1.165, 1.54) is 10.8 Å². The molecule has 0 fully saturated rings. The van der Waals surface area contributed by atoms with Crippen LogP contribution in [0.5, 0.6) is 0 Å². The second-order valence-corrected chi connectivity index (χ2v) is 4.27. The number of nitrogens with zero attached hydrogens (tertiary/aromatic N) is 2. The van der Waals surface area contributed by atoms with Gasteiger partial charge in [-0.05, 0) is 13.8 Å². The maximum atomic E-state index is 11.0. The van der Waals surface area contributed by atoms with E-state index in [0.717, 1.165) is 13.1 Å². The maximum absolute atomic E-state index is 11.0. The molecule has 0 atom stereocenters. The standard InChI is InChI=1S/C9H13N2OS.ClH/c1-7-6-13-9-10(5-8(2)12)3-4-11(7)9;/h6H,3-5H2,1-2H3;1H/q+1;/p-1. The molecule has 1 aliphatic heterocycles. The molecular formula is C9H13ClN2OS. The number of thiazole rings is 1. The largest absolute Gasteiger partial charge is 1.00 e. The lowest BCUT2D eigenvalue weighted by Gasteiger charge is -2.04. The number of carbonyl (C=O) groups excluding carboxylic acids is 1. The second-order valence-electron chi connectivity index (χ2n) is 3.43. The molecule has 0 saturated heterocycles. The van der Waals surface area contributed by atoms with Crippen molar-refractivity contribution in [3.8, 4) is 0 Å². The first-order valence-corrected chi connectivity index (χ1v) is 5.29. The van der Waals surface area contributed by atoms with Gasteiger partial charge in [0, 0.05) is 5.38 Å². The number of carbonyl (C=O) groups is 1. The predicted molar refractivity (Wildman–Crippen MR) is 52.1 cm³/mol. The van der Waals surface area contributed by atoms with Crippen LogP contribution in [0.25, 0.3) is 0 Å². The molecule has 0 aliphatic carbocycles. The highest BCUT2D eigenvalue weighted by Crippen LogP contribution is 2.21. The monoisotopic (exact) mass is 232 g/mol. The average Bonchev–Trinajstić information content (AvgIpc) is 2.56. The molecule has 0 radical (unpaired) electrons. The Morgan fingerprint density at radius 3 is 3.07 bits per heavy atom. The fourth-order valence-corrected chi connectivity index (χ4v) is 2.74. The molecule has 0 saturated carbocycles. The number of fused-ring (bicyclic) bond motifs is 1. The topological polar surface area (TPSA) is 24.2 Å². The van der Waals surface area contributed by atoms with Gasteiger partial charge in [-0.3, -0.25) is 4.79 Å². The molecule has 14 heavy (non-hydrogen) atoms. The molecule has 0 N–H and O–H groups in total. The summed E-state index contributed by atoms with van der Waals surface area (Å²) in [4.78, 5) is 13.1. The van der Waals surface area contributed by atoms with Gasteiger partial charge < -0.3 is 12.4 Å². The molecular weight excluding hydrogens is 220 g/mol. The Kier molecular flexibility index (Phi) is 3.50. The molecule has 5 heteroatoms. The normalized spacial score (nSPS) is 13.7.